The highest BCUT2D eigenvalue weighted by atomic mass is 32.2. The second-order valence-electron chi connectivity index (χ2n) is 4.29. The second kappa shape index (κ2) is 5.91. The van der Waals surface area contributed by atoms with Crippen LogP contribution in [0.25, 0.3) is 0 Å². The maximum absolute atomic E-state index is 9.27. The molecule has 1 saturated heterocycles. The Morgan fingerprint density at radius 2 is 2.18 bits per heavy atom. The fraction of sp³-hybridized carbons (Fsp3) is 0.500. The smallest absolute Gasteiger partial charge is 0.423 e. The molecule has 5 heteroatoms. The van der Waals surface area contributed by atoms with Crippen molar-refractivity contribution in [2.45, 2.75) is 30.5 Å². The van der Waals surface area contributed by atoms with Crippen LogP contribution in [0.15, 0.2) is 24.3 Å². The summed E-state index contributed by atoms with van der Waals surface area (Å²) in [7, 11) is -1.39. The quantitative estimate of drug-likeness (QED) is 0.777. The summed E-state index contributed by atoms with van der Waals surface area (Å²) in [6.07, 6.45) is 1.38. The first-order valence-corrected chi connectivity index (χ1v) is 6.90. The van der Waals surface area contributed by atoms with E-state index in [1.54, 1.807) is 6.07 Å². The third kappa shape index (κ3) is 3.25. The van der Waals surface area contributed by atoms with E-state index in [9.17, 15) is 10.0 Å². The molecule has 0 aromatic heterocycles. The number of hydrogen-bond donors (Lipinski definition) is 2. The summed E-state index contributed by atoms with van der Waals surface area (Å²) < 4.78 is 5.51. The molecule has 92 valence electrons. The second-order valence-corrected chi connectivity index (χ2v) is 5.51. The van der Waals surface area contributed by atoms with Crippen LogP contribution in [0.3, 0.4) is 0 Å². The topological polar surface area (TPSA) is 49.7 Å². The average molecular weight is 252 g/mol. The molecular formula is C12H17BO3S. The van der Waals surface area contributed by atoms with E-state index in [0.717, 1.165) is 24.3 Å². The first kappa shape index (κ1) is 13.0. The van der Waals surface area contributed by atoms with Crippen LogP contribution >= 0.6 is 11.8 Å². The van der Waals surface area contributed by atoms with Gasteiger partial charge in [0, 0.05) is 17.6 Å². The van der Waals surface area contributed by atoms with Gasteiger partial charge in [-0.2, -0.15) is 11.8 Å². The Morgan fingerprint density at radius 1 is 1.41 bits per heavy atom. The summed E-state index contributed by atoms with van der Waals surface area (Å²) in [5, 5.41) is 19.1. The summed E-state index contributed by atoms with van der Waals surface area (Å²) >= 11 is 1.83. The van der Waals surface area contributed by atoms with E-state index in [2.05, 4.69) is 6.92 Å². The highest BCUT2D eigenvalue weighted by molar-refractivity contribution is 7.99. The van der Waals surface area contributed by atoms with Gasteiger partial charge in [0.15, 0.2) is 0 Å². The SMILES string of the molecule is CC1OCCC1SCc1ccccc1B(O)O. The molecule has 0 saturated carbocycles. The van der Waals surface area contributed by atoms with Crippen LogP contribution in [0.2, 0.25) is 0 Å². The Balaban J connectivity index is 1.98. The zero-order valence-electron chi connectivity index (χ0n) is 9.87. The predicted molar refractivity (Wildman–Crippen MR) is 71.4 cm³/mol. The zero-order valence-corrected chi connectivity index (χ0v) is 10.7. The third-order valence-electron chi connectivity index (χ3n) is 3.09. The Kier molecular flexibility index (Phi) is 4.51. The van der Waals surface area contributed by atoms with Crippen LogP contribution in [0, 0.1) is 0 Å². The van der Waals surface area contributed by atoms with Crippen molar-refractivity contribution in [3.63, 3.8) is 0 Å². The first-order chi connectivity index (χ1) is 8.18. The van der Waals surface area contributed by atoms with Gasteiger partial charge in [0.2, 0.25) is 0 Å². The van der Waals surface area contributed by atoms with E-state index in [0.29, 0.717) is 16.8 Å². The lowest BCUT2D eigenvalue weighted by molar-refractivity contribution is 0.127. The zero-order chi connectivity index (χ0) is 12.3. The number of thioether (sulfide) groups is 1. The monoisotopic (exact) mass is 252 g/mol. The van der Waals surface area contributed by atoms with E-state index in [1.165, 1.54) is 0 Å². The van der Waals surface area contributed by atoms with Gasteiger partial charge in [-0.15, -0.1) is 0 Å². The van der Waals surface area contributed by atoms with Crippen molar-refractivity contribution in [1.29, 1.82) is 0 Å². The molecule has 0 spiro atoms. The summed E-state index contributed by atoms with van der Waals surface area (Å²) in [4.78, 5) is 0. The molecule has 1 aliphatic rings. The Morgan fingerprint density at radius 3 is 2.82 bits per heavy atom. The van der Waals surface area contributed by atoms with Gasteiger partial charge in [0.1, 0.15) is 0 Å². The maximum Gasteiger partial charge on any atom is 0.488 e. The molecule has 17 heavy (non-hydrogen) atoms. The molecule has 1 aromatic carbocycles. The first-order valence-electron chi connectivity index (χ1n) is 5.85. The predicted octanol–water partition coefficient (Wildman–Crippen LogP) is 0.777. The third-order valence-corrected chi connectivity index (χ3v) is 4.62. The normalized spacial score (nSPS) is 23.9. The summed E-state index contributed by atoms with van der Waals surface area (Å²) in [5.74, 6) is 0.798. The minimum atomic E-state index is -1.39. The van der Waals surface area contributed by atoms with Crippen LogP contribution in [-0.4, -0.2) is 35.1 Å². The van der Waals surface area contributed by atoms with Gasteiger partial charge >= 0.3 is 7.12 Å². The molecule has 1 heterocycles. The van der Waals surface area contributed by atoms with E-state index in [4.69, 9.17) is 4.74 Å². The standard InChI is InChI=1S/C12H17BO3S/c1-9-12(6-7-16-9)17-8-10-4-2-3-5-11(10)13(14)15/h2-5,9,12,14-15H,6-8H2,1H3. The maximum atomic E-state index is 9.27. The van der Waals surface area contributed by atoms with E-state index in [1.807, 2.05) is 30.0 Å². The van der Waals surface area contributed by atoms with Crippen molar-refractivity contribution < 1.29 is 14.8 Å². The Hall–Kier alpha value is -0.485. The van der Waals surface area contributed by atoms with Crippen molar-refractivity contribution in [2.75, 3.05) is 6.61 Å². The molecule has 1 aliphatic heterocycles. The fourth-order valence-electron chi connectivity index (χ4n) is 2.05. The van der Waals surface area contributed by atoms with Gasteiger partial charge in [0.25, 0.3) is 0 Å². The van der Waals surface area contributed by atoms with Crippen molar-refractivity contribution in [2.24, 2.45) is 0 Å². The molecule has 1 fully saturated rings. The molecule has 1 aromatic rings. The highest BCUT2D eigenvalue weighted by Gasteiger charge is 2.25. The lowest BCUT2D eigenvalue weighted by Crippen LogP contribution is -2.32. The molecule has 2 atom stereocenters. The lowest BCUT2D eigenvalue weighted by Gasteiger charge is -2.15. The molecule has 0 bridgehead atoms. The largest absolute Gasteiger partial charge is 0.488 e. The number of benzene rings is 1. The minimum absolute atomic E-state index is 0.297. The molecule has 2 N–H and O–H groups in total. The van der Waals surface area contributed by atoms with E-state index >= 15 is 0 Å². The van der Waals surface area contributed by atoms with Crippen molar-refractivity contribution in [3.05, 3.63) is 29.8 Å². The van der Waals surface area contributed by atoms with Crippen LogP contribution in [0.4, 0.5) is 0 Å². The van der Waals surface area contributed by atoms with Gasteiger partial charge in [-0.3, -0.25) is 0 Å². The van der Waals surface area contributed by atoms with Gasteiger partial charge in [-0.05, 0) is 24.4 Å². The molecule has 0 aliphatic carbocycles. The van der Waals surface area contributed by atoms with E-state index < -0.39 is 7.12 Å². The summed E-state index contributed by atoms with van der Waals surface area (Å²) in [6.45, 7) is 2.93. The van der Waals surface area contributed by atoms with Crippen LogP contribution in [0.5, 0.6) is 0 Å². The van der Waals surface area contributed by atoms with Crippen molar-refractivity contribution in [3.8, 4) is 0 Å². The molecule has 0 amide bonds. The highest BCUT2D eigenvalue weighted by Crippen LogP contribution is 2.28. The Bertz CT molecular complexity index is 373. The van der Waals surface area contributed by atoms with Crippen molar-refractivity contribution in [1.82, 2.24) is 0 Å². The van der Waals surface area contributed by atoms with Crippen LogP contribution in [0.1, 0.15) is 18.9 Å². The number of rotatable bonds is 4. The van der Waals surface area contributed by atoms with Gasteiger partial charge in [-0.25, -0.2) is 0 Å². The lowest BCUT2D eigenvalue weighted by atomic mass is 9.77. The molecule has 2 rings (SSSR count). The number of hydrogen-bond acceptors (Lipinski definition) is 4. The van der Waals surface area contributed by atoms with Crippen LogP contribution in [-0.2, 0) is 10.5 Å². The molecule has 2 unspecified atom stereocenters. The summed E-state index contributed by atoms with van der Waals surface area (Å²) in [6, 6.07) is 7.46. The number of ether oxygens (including phenoxy) is 1. The molecule has 0 radical (unpaired) electrons. The minimum Gasteiger partial charge on any atom is -0.423 e. The van der Waals surface area contributed by atoms with Gasteiger partial charge < -0.3 is 14.8 Å². The molecule has 3 nitrogen and oxygen atoms in total. The molecular weight excluding hydrogens is 235 g/mol. The van der Waals surface area contributed by atoms with E-state index in [-0.39, 0.29) is 0 Å². The Labute approximate surface area is 106 Å². The van der Waals surface area contributed by atoms with Crippen LogP contribution < -0.4 is 5.46 Å². The van der Waals surface area contributed by atoms with Crippen molar-refractivity contribution >= 4 is 24.3 Å². The average Bonchev–Trinajstić information content (AvgIpc) is 2.72. The van der Waals surface area contributed by atoms with Gasteiger partial charge in [-0.1, -0.05) is 24.3 Å². The fourth-order valence-corrected chi connectivity index (χ4v) is 3.31. The summed E-state index contributed by atoms with van der Waals surface area (Å²) in [5.41, 5.74) is 1.60. The van der Waals surface area contributed by atoms with Gasteiger partial charge in [0.05, 0.1) is 6.10 Å².